The third-order valence-corrected chi connectivity index (χ3v) is 2.73. The topological polar surface area (TPSA) is 77.6 Å². The van der Waals surface area contributed by atoms with Crippen LogP contribution in [0, 0.1) is 0 Å². The predicted molar refractivity (Wildman–Crippen MR) is 64.3 cm³/mol. The van der Waals surface area contributed by atoms with Crippen LogP contribution in [-0.4, -0.2) is 20.1 Å². The van der Waals surface area contributed by atoms with Crippen molar-refractivity contribution in [3.05, 3.63) is 37.4 Å². The van der Waals surface area contributed by atoms with E-state index in [9.17, 15) is 0 Å². The molecule has 0 saturated carbocycles. The van der Waals surface area contributed by atoms with Gasteiger partial charge in [0.1, 0.15) is 24.8 Å². The van der Waals surface area contributed by atoms with Crippen LogP contribution in [0.1, 0.15) is 12.8 Å². The second kappa shape index (κ2) is 7.62. The van der Waals surface area contributed by atoms with Gasteiger partial charge in [-0.05, 0) is 12.8 Å². The number of aromatic nitrogens is 4. The molecule has 0 aliphatic rings. The molecule has 0 atom stereocenters. The molecule has 0 saturated heterocycles. The van der Waals surface area contributed by atoms with E-state index in [2.05, 4.69) is 69.8 Å². The number of hydrogen-bond acceptors (Lipinski definition) is 2. The Bertz CT molecular complexity index is 408. The van der Waals surface area contributed by atoms with Gasteiger partial charge in [-0.3, -0.25) is 0 Å². The van der Waals surface area contributed by atoms with Gasteiger partial charge >= 0.3 is 0 Å². The predicted octanol–water partition coefficient (Wildman–Crippen LogP) is 0.0654. The van der Waals surface area contributed by atoms with E-state index >= 15 is 0 Å². The normalized spacial score (nSPS) is 9.67. The van der Waals surface area contributed by atoms with Gasteiger partial charge in [0.15, 0.2) is 0 Å². The van der Waals surface area contributed by atoms with Crippen LogP contribution in [0.2, 0.25) is 0 Å². The van der Waals surface area contributed by atoms with Crippen LogP contribution in [0.4, 0.5) is 0 Å². The molecule has 0 aliphatic carbocycles. The van der Waals surface area contributed by atoms with Gasteiger partial charge in [-0.25, -0.2) is 18.3 Å². The Labute approximate surface area is 107 Å². The van der Waals surface area contributed by atoms with Gasteiger partial charge in [0.2, 0.25) is 12.7 Å². The van der Waals surface area contributed by atoms with Crippen molar-refractivity contribution in [3.63, 3.8) is 0 Å². The molecular weight excluding hydrogens is 232 g/mol. The van der Waals surface area contributed by atoms with Crippen LogP contribution >= 0.6 is 0 Å². The number of hydrogen-bond donors (Lipinski definition) is 0. The fourth-order valence-electron chi connectivity index (χ4n) is 1.86. The largest absolute Gasteiger partial charge is 0.870 e. The van der Waals surface area contributed by atoms with Crippen LogP contribution in [0.15, 0.2) is 37.4 Å². The molecule has 2 N–H and O–H groups in total. The average Bonchev–Trinajstić information content (AvgIpc) is 2.83. The average molecular weight is 254 g/mol. The van der Waals surface area contributed by atoms with E-state index in [4.69, 9.17) is 0 Å². The zero-order valence-corrected chi connectivity index (χ0v) is 11.0. The lowest BCUT2D eigenvalue weighted by molar-refractivity contribution is -0.671. The highest BCUT2D eigenvalue weighted by Crippen LogP contribution is 1.97. The number of nitrogens with zero attached hydrogens (tertiary/aromatic N) is 4. The molecule has 102 valence electrons. The highest BCUT2D eigenvalue weighted by molar-refractivity contribution is 4.67. The molecule has 2 rings (SSSR count). The summed E-state index contributed by atoms with van der Waals surface area (Å²) in [6.45, 7) is 2.21. The van der Waals surface area contributed by atoms with Crippen molar-refractivity contribution in [1.29, 1.82) is 0 Å². The molecule has 2 aromatic heterocycles. The molecule has 0 spiro atoms. The summed E-state index contributed by atoms with van der Waals surface area (Å²) in [5, 5.41) is 0. The molecule has 0 aliphatic heterocycles. The smallest absolute Gasteiger partial charge is 0.243 e. The quantitative estimate of drug-likeness (QED) is 0.559. The molecule has 0 aromatic carbocycles. The molecule has 2 heterocycles. The van der Waals surface area contributed by atoms with E-state index < -0.39 is 0 Å². The highest BCUT2D eigenvalue weighted by atomic mass is 16.0. The van der Waals surface area contributed by atoms with Crippen molar-refractivity contribution in [2.24, 2.45) is 14.1 Å². The Hall–Kier alpha value is -1.66. The molecule has 0 unspecified atom stereocenters. The van der Waals surface area contributed by atoms with E-state index in [0.717, 1.165) is 13.1 Å². The lowest BCUT2D eigenvalue weighted by Gasteiger charge is -1.96. The minimum absolute atomic E-state index is 0. The molecule has 0 amide bonds. The van der Waals surface area contributed by atoms with E-state index in [1.54, 1.807) is 0 Å². The second-order valence-electron chi connectivity index (χ2n) is 4.34. The van der Waals surface area contributed by atoms with Gasteiger partial charge in [-0.1, -0.05) is 0 Å². The first-order valence-electron chi connectivity index (χ1n) is 5.76. The van der Waals surface area contributed by atoms with E-state index in [-0.39, 0.29) is 11.0 Å². The van der Waals surface area contributed by atoms with Crippen molar-refractivity contribution in [3.8, 4) is 0 Å². The third-order valence-electron chi connectivity index (χ3n) is 2.73. The van der Waals surface area contributed by atoms with E-state index in [1.807, 2.05) is 0 Å². The summed E-state index contributed by atoms with van der Waals surface area (Å²) in [6.07, 6.45) is 15.1. The van der Waals surface area contributed by atoms with Crippen molar-refractivity contribution >= 4 is 0 Å². The maximum absolute atomic E-state index is 2.23. The van der Waals surface area contributed by atoms with Crippen LogP contribution < -0.4 is 9.13 Å². The van der Waals surface area contributed by atoms with Crippen LogP contribution in [0.5, 0.6) is 0 Å². The minimum Gasteiger partial charge on any atom is -0.870 e. The first kappa shape index (κ1) is 16.3. The Balaban J connectivity index is 0.00000144. The zero-order valence-electron chi connectivity index (χ0n) is 11.0. The van der Waals surface area contributed by atoms with E-state index in [0.29, 0.717) is 0 Å². The van der Waals surface area contributed by atoms with E-state index in [1.165, 1.54) is 12.8 Å². The Morgan fingerprint density at radius 2 is 1.17 bits per heavy atom. The van der Waals surface area contributed by atoms with Gasteiger partial charge in [-0.2, -0.15) is 0 Å². The highest BCUT2D eigenvalue weighted by Gasteiger charge is 2.02. The summed E-state index contributed by atoms with van der Waals surface area (Å²) in [5.41, 5.74) is 0. The summed E-state index contributed by atoms with van der Waals surface area (Å²) >= 11 is 0. The number of aryl methyl sites for hydroxylation is 4. The standard InChI is InChI=1S/C12H20N4.2H2O/c1-13-7-9-15(11-13)5-3-4-6-16-10-8-14(2)12-16;;/h7-12H,3-6H2,1-2H3;2*1H2/q+2;;/p-2. The fourth-order valence-corrected chi connectivity index (χ4v) is 1.86. The van der Waals surface area contributed by atoms with Gasteiger partial charge in [-0.15, -0.1) is 0 Å². The van der Waals surface area contributed by atoms with Crippen LogP contribution in [0.25, 0.3) is 0 Å². The SMILES string of the molecule is C[n+]1ccn(CCCCn2cc[n+](C)c2)c1.[OH-].[OH-]. The fraction of sp³-hybridized carbons (Fsp3) is 0.500. The summed E-state index contributed by atoms with van der Waals surface area (Å²) < 4.78 is 8.61. The molecular formula is C12H22N4O2. The van der Waals surface area contributed by atoms with Gasteiger partial charge in [0.05, 0.1) is 27.2 Å². The molecule has 0 fully saturated rings. The third kappa shape index (κ3) is 4.68. The van der Waals surface area contributed by atoms with Crippen molar-refractivity contribution < 1.29 is 20.1 Å². The van der Waals surface area contributed by atoms with Crippen LogP contribution in [-0.2, 0) is 27.2 Å². The van der Waals surface area contributed by atoms with Gasteiger partial charge in [0.25, 0.3) is 0 Å². The number of imidazole rings is 2. The zero-order chi connectivity index (χ0) is 11.4. The lowest BCUT2D eigenvalue weighted by atomic mass is 10.3. The summed E-state index contributed by atoms with van der Waals surface area (Å²) in [7, 11) is 4.10. The molecule has 2 aromatic rings. The summed E-state index contributed by atoms with van der Waals surface area (Å²) in [5.74, 6) is 0. The number of rotatable bonds is 5. The van der Waals surface area contributed by atoms with Crippen molar-refractivity contribution in [1.82, 2.24) is 9.13 Å². The lowest BCUT2D eigenvalue weighted by Crippen LogP contribution is -2.24. The maximum Gasteiger partial charge on any atom is 0.243 e. The van der Waals surface area contributed by atoms with Gasteiger partial charge < -0.3 is 11.0 Å². The monoisotopic (exact) mass is 254 g/mol. The second-order valence-corrected chi connectivity index (χ2v) is 4.34. The van der Waals surface area contributed by atoms with Gasteiger partial charge in [0, 0.05) is 0 Å². The molecule has 0 bridgehead atoms. The first-order valence-corrected chi connectivity index (χ1v) is 5.76. The van der Waals surface area contributed by atoms with Crippen molar-refractivity contribution in [2.45, 2.75) is 25.9 Å². The maximum atomic E-state index is 2.23. The first-order chi connectivity index (χ1) is 7.74. The van der Waals surface area contributed by atoms with Crippen molar-refractivity contribution in [2.75, 3.05) is 0 Å². The van der Waals surface area contributed by atoms with Crippen LogP contribution in [0.3, 0.4) is 0 Å². The molecule has 6 nitrogen and oxygen atoms in total. The summed E-state index contributed by atoms with van der Waals surface area (Å²) in [4.78, 5) is 0. The molecule has 6 heteroatoms. The number of unbranched alkanes of at least 4 members (excludes halogenated alkanes) is 1. The Morgan fingerprint density at radius 3 is 1.44 bits per heavy atom. The molecule has 18 heavy (non-hydrogen) atoms. The Kier molecular flexibility index (Phi) is 6.92. The minimum atomic E-state index is 0. The molecule has 0 radical (unpaired) electrons. The Morgan fingerprint density at radius 1 is 0.778 bits per heavy atom. The summed E-state index contributed by atoms with van der Waals surface area (Å²) in [6, 6.07) is 0.